The molecule has 0 N–H and O–H groups in total. The number of carbonyl (C=O) groups excluding carboxylic acids is 2. The van der Waals surface area contributed by atoms with Crippen molar-refractivity contribution in [1.82, 2.24) is 0 Å². The van der Waals surface area contributed by atoms with Crippen molar-refractivity contribution in [3.05, 3.63) is 57.6 Å². The van der Waals surface area contributed by atoms with Crippen molar-refractivity contribution >= 4 is 29.4 Å². The van der Waals surface area contributed by atoms with Gasteiger partial charge in [-0.25, -0.2) is 9.59 Å². The molecule has 2 aromatic carbocycles. The highest BCUT2D eigenvalue weighted by Crippen LogP contribution is 2.40. The Morgan fingerprint density at radius 3 is 2.15 bits per heavy atom. The number of nitrogens with zero attached hydrogens (tertiary/aromatic N) is 1. The van der Waals surface area contributed by atoms with Gasteiger partial charge in [0.05, 0.1) is 36.7 Å². The number of hydrogen-bond acceptors (Lipinski definition) is 8. The largest absolute Gasteiger partial charge is 0.496 e. The third kappa shape index (κ3) is 3.94. The SMILES string of the molecule is COC(=O)c1cc([N+](=O)[O-])c(Sc2ccccc2C(=O)OC)cc1OC. The first-order valence-corrected chi connectivity index (χ1v) is 8.04. The van der Waals surface area contributed by atoms with Crippen LogP contribution < -0.4 is 4.74 Å². The van der Waals surface area contributed by atoms with Gasteiger partial charge in [-0.1, -0.05) is 23.9 Å². The zero-order valence-corrected chi connectivity index (χ0v) is 15.0. The maximum absolute atomic E-state index is 11.9. The summed E-state index contributed by atoms with van der Waals surface area (Å²) in [6.45, 7) is 0. The molecule has 26 heavy (non-hydrogen) atoms. The molecule has 0 saturated heterocycles. The van der Waals surface area contributed by atoms with Gasteiger partial charge >= 0.3 is 11.9 Å². The number of esters is 2. The summed E-state index contributed by atoms with van der Waals surface area (Å²) in [6.07, 6.45) is 0. The Morgan fingerprint density at radius 1 is 0.962 bits per heavy atom. The maximum Gasteiger partial charge on any atom is 0.341 e. The van der Waals surface area contributed by atoms with Crippen molar-refractivity contribution in [2.75, 3.05) is 21.3 Å². The first-order chi connectivity index (χ1) is 12.4. The lowest BCUT2D eigenvalue weighted by Crippen LogP contribution is -2.06. The van der Waals surface area contributed by atoms with E-state index in [0.29, 0.717) is 4.90 Å². The van der Waals surface area contributed by atoms with Crippen LogP contribution in [0.25, 0.3) is 0 Å². The Bertz CT molecular complexity index is 866. The second kappa shape index (κ2) is 8.34. The minimum atomic E-state index is -0.753. The average molecular weight is 377 g/mol. The van der Waals surface area contributed by atoms with E-state index in [1.54, 1.807) is 24.3 Å². The Morgan fingerprint density at radius 2 is 1.58 bits per heavy atom. The number of carbonyl (C=O) groups is 2. The molecule has 0 aliphatic heterocycles. The third-order valence-electron chi connectivity index (χ3n) is 3.40. The number of methoxy groups -OCH3 is 3. The van der Waals surface area contributed by atoms with Crippen LogP contribution in [0.4, 0.5) is 5.69 Å². The second-order valence-corrected chi connectivity index (χ2v) is 5.94. The van der Waals surface area contributed by atoms with Crippen LogP contribution in [0, 0.1) is 10.1 Å². The Kier molecular flexibility index (Phi) is 6.18. The fourth-order valence-corrected chi connectivity index (χ4v) is 3.21. The summed E-state index contributed by atoms with van der Waals surface area (Å²) in [5.41, 5.74) is -0.103. The van der Waals surface area contributed by atoms with Crippen LogP contribution in [-0.4, -0.2) is 38.2 Å². The molecule has 8 nitrogen and oxygen atoms in total. The third-order valence-corrected chi connectivity index (χ3v) is 4.52. The fraction of sp³-hybridized carbons (Fsp3) is 0.176. The number of rotatable bonds is 6. The molecular formula is C17H15NO7S. The van der Waals surface area contributed by atoms with Crippen LogP contribution in [0.1, 0.15) is 20.7 Å². The highest BCUT2D eigenvalue weighted by molar-refractivity contribution is 7.99. The van der Waals surface area contributed by atoms with E-state index in [4.69, 9.17) is 9.47 Å². The Balaban J connectivity index is 2.58. The predicted octanol–water partition coefficient (Wildman–Crippen LogP) is 3.33. The van der Waals surface area contributed by atoms with Gasteiger partial charge in [0.15, 0.2) is 0 Å². The van der Waals surface area contributed by atoms with Crippen LogP contribution in [0.15, 0.2) is 46.2 Å². The van der Waals surface area contributed by atoms with Crippen LogP contribution in [0.2, 0.25) is 0 Å². The maximum atomic E-state index is 11.9. The van der Waals surface area contributed by atoms with Gasteiger partial charge in [0, 0.05) is 17.0 Å². The minimum Gasteiger partial charge on any atom is -0.496 e. The Hall–Kier alpha value is -3.07. The van der Waals surface area contributed by atoms with Crippen LogP contribution in [0.5, 0.6) is 5.75 Å². The molecular weight excluding hydrogens is 362 g/mol. The average Bonchev–Trinajstić information content (AvgIpc) is 2.66. The standard InChI is InChI=1S/C17H15NO7S/c1-23-13-9-15(12(18(21)22)8-11(13)17(20)25-3)26-14-7-5-4-6-10(14)16(19)24-2/h4-9H,1-3H3. The number of nitro benzene ring substituents is 1. The molecule has 0 aromatic heterocycles. The van der Waals surface area contributed by atoms with Gasteiger partial charge in [0.2, 0.25) is 0 Å². The molecule has 0 atom stereocenters. The van der Waals surface area contributed by atoms with Crippen molar-refractivity contribution in [3.8, 4) is 5.75 Å². The molecule has 0 saturated carbocycles. The highest BCUT2D eigenvalue weighted by Gasteiger charge is 2.25. The fourth-order valence-electron chi connectivity index (χ4n) is 2.17. The van der Waals surface area contributed by atoms with E-state index in [1.165, 1.54) is 27.4 Å². The van der Waals surface area contributed by atoms with Gasteiger partial charge in [0.1, 0.15) is 11.3 Å². The van der Waals surface area contributed by atoms with Crippen molar-refractivity contribution in [2.45, 2.75) is 9.79 Å². The van der Waals surface area contributed by atoms with Crippen LogP contribution >= 0.6 is 11.8 Å². The summed E-state index contributed by atoms with van der Waals surface area (Å²) in [4.78, 5) is 35.2. The van der Waals surface area contributed by atoms with Gasteiger partial charge < -0.3 is 14.2 Å². The van der Waals surface area contributed by atoms with Gasteiger partial charge in [-0.3, -0.25) is 10.1 Å². The summed E-state index contributed by atoms with van der Waals surface area (Å²) in [6, 6.07) is 9.00. The van der Waals surface area contributed by atoms with E-state index in [1.807, 2.05) is 0 Å². The van der Waals surface area contributed by atoms with Gasteiger partial charge in [-0.15, -0.1) is 0 Å². The lowest BCUT2D eigenvalue weighted by Gasteiger charge is -2.11. The Labute approximate surface area is 153 Å². The zero-order chi connectivity index (χ0) is 19.3. The second-order valence-electron chi connectivity index (χ2n) is 4.86. The van der Waals surface area contributed by atoms with Gasteiger partial charge in [-0.2, -0.15) is 0 Å². The van der Waals surface area contributed by atoms with E-state index in [-0.39, 0.29) is 27.5 Å². The van der Waals surface area contributed by atoms with Crippen LogP contribution in [0.3, 0.4) is 0 Å². The van der Waals surface area contributed by atoms with E-state index >= 15 is 0 Å². The zero-order valence-electron chi connectivity index (χ0n) is 14.2. The quantitative estimate of drug-likeness (QED) is 0.429. The molecule has 0 bridgehead atoms. The lowest BCUT2D eigenvalue weighted by atomic mass is 10.2. The molecule has 0 fully saturated rings. The predicted molar refractivity (Wildman–Crippen MR) is 92.9 cm³/mol. The normalized spacial score (nSPS) is 10.1. The summed E-state index contributed by atoms with van der Waals surface area (Å²) < 4.78 is 14.5. The molecule has 0 unspecified atom stereocenters. The topological polar surface area (TPSA) is 105 Å². The summed E-state index contributed by atoms with van der Waals surface area (Å²) in [5.74, 6) is -1.19. The lowest BCUT2D eigenvalue weighted by molar-refractivity contribution is -0.387. The van der Waals surface area contributed by atoms with E-state index in [0.717, 1.165) is 17.8 Å². The van der Waals surface area contributed by atoms with Crippen molar-refractivity contribution in [3.63, 3.8) is 0 Å². The summed E-state index contributed by atoms with van der Waals surface area (Å²) >= 11 is 0.996. The number of ether oxygens (including phenoxy) is 3. The van der Waals surface area contributed by atoms with Crippen molar-refractivity contribution < 1.29 is 28.7 Å². The van der Waals surface area contributed by atoms with E-state index in [9.17, 15) is 19.7 Å². The molecule has 2 aromatic rings. The summed E-state index contributed by atoms with van der Waals surface area (Å²) in [5, 5.41) is 11.5. The smallest absolute Gasteiger partial charge is 0.341 e. The minimum absolute atomic E-state index is 0.0627. The monoisotopic (exact) mass is 377 g/mol. The molecule has 136 valence electrons. The van der Waals surface area contributed by atoms with Gasteiger partial charge in [0.25, 0.3) is 5.69 Å². The van der Waals surface area contributed by atoms with E-state index in [2.05, 4.69) is 4.74 Å². The molecule has 0 heterocycles. The molecule has 9 heteroatoms. The summed E-state index contributed by atoms with van der Waals surface area (Å²) in [7, 11) is 3.76. The molecule has 0 aliphatic rings. The molecule has 0 amide bonds. The number of hydrogen-bond donors (Lipinski definition) is 0. The first kappa shape index (κ1) is 19.3. The molecule has 0 radical (unpaired) electrons. The van der Waals surface area contributed by atoms with Crippen molar-refractivity contribution in [1.29, 1.82) is 0 Å². The highest BCUT2D eigenvalue weighted by atomic mass is 32.2. The van der Waals surface area contributed by atoms with Gasteiger partial charge in [-0.05, 0) is 12.1 Å². The molecule has 2 rings (SSSR count). The first-order valence-electron chi connectivity index (χ1n) is 7.22. The van der Waals surface area contributed by atoms with E-state index < -0.39 is 16.9 Å². The molecule has 0 aliphatic carbocycles. The van der Waals surface area contributed by atoms with Crippen LogP contribution in [-0.2, 0) is 9.47 Å². The number of nitro groups is 1. The molecule has 0 spiro atoms. The van der Waals surface area contributed by atoms with Crippen molar-refractivity contribution in [2.24, 2.45) is 0 Å². The number of benzene rings is 2.